The van der Waals surface area contributed by atoms with Gasteiger partial charge < -0.3 is 5.32 Å². The summed E-state index contributed by atoms with van der Waals surface area (Å²) in [5, 5.41) is 3.89. The molecule has 0 aliphatic carbocycles. The van der Waals surface area contributed by atoms with Crippen molar-refractivity contribution in [1.82, 2.24) is 0 Å². The summed E-state index contributed by atoms with van der Waals surface area (Å²) in [6, 6.07) is 12.8. The van der Waals surface area contributed by atoms with E-state index < -0.39 is 9.84 Å². The number of para-hydroxylation sites is 1. The summed E-state index contributed by atoms with van der Waals surface area (Å²) in [6.45, 7) is 4.12. The molecule has 2 aromatic carbocycles. The van der Waals surface area contributed by atoms with Crippen LogP contribution in [-0.2, 0) is 16.4 Å². The molecule has 0 aromatic heterocycles. The van der Waals surface area contributed by atoms with Crippen LogP contribution in [0.25, 0.3) is 0 Å². The number of benzene rings is 2. The van der Waals surface area contributed by atoms with E-state index in [2.05, 4.69) is 5.32 Å². The number of halogens is 1. The summed E-state index contributed by atoms with van der Waals surface area (Å²) >= 11 is 6.10. The molecule has 0 heterocycles. The topological polar surface area (TPSA) is 46.2 Å². The van der Waals surface area contributed by atoms with E-state index in [0.29, 0.717) is 22.2 Å². The van der Waals surface area contributed by atoms with Crippen LogP contribution in [0.2, 0.25) is 5.02 Å². The summed E-state index contributed by atoms with van der Waals surface area (Å²) in [5.41, 5.74) is 2.65. The van der Waals surface area contributed by atoms with Crippen LogP contribution in [0.15, 0.2) is 47.4 Å². The highest BCUT2D eigenvalue weighted by Gasteiger charge is 2.15. The van der Waals surface area contributed by atoms with E-state index in [4.69, 9.17) is 11.6 Å². The minimum absolute atomic E-state index is 0.0854. The summed E-state index contributed by atoms with van der Waals surface area (Å²) in [6.07, 6.45) is 0. The fraction of sp³-hybridized carbons (Fsp3) is 0.250. The Balaban J connectivity index is 2.23. The van der Waals surface area contributed by atoms with Crippen molar-refractivity contribution in [1.29, 1.82) is 0 Å². The molecule has 112 valence electrons. The lowest BCUT2D eigenvalue weighted by molar-refractivity contribution is 0.597. The summed E-state index contributed by atoms with van der Waals surface area (Å²) < 4.78 is 24.1. The summed E-state index contributed by atoms with van der Waals surface area (Å²) in [4.78, 5) is 0.339. The van der Waals surface area contributed by atoms with E-state index >= 15 is 0 Å². The number of anilines is 1. The van der Waals surface area contributed by atoms with Crippen LogP contribution in [-0.4, -0.2) is 14.2 Å². The maximum absolute atomic E-state index is 12.1. The van der Waals surface area contributed by atoms with Gasteiger partial charge in [0, 0.05) is 11.6 Å². The van der Waals surface area contributed by atoms with Gasteiger partial charge in [0.2, 0.25) is 0 Å². The fourth-order valence-corrected chi connectivity index (χ4v) is 3.26. The highest BCUT2D eigenvalue weighted by molar-refractivity contribution is 7.91. The smallest absolute Gasteiger partial charge is 0.180 e. The number of hydrogen-bond donors (Lipinski definition) is 1. The SMILES string of the molecule is CCS(=O)(=O)c1ccccc1NCc1ccc(C)c(Cl)c1. The highest BCUT2D eigenvalue weighted by Crippen LogP contribution is 2.23. The third kappa shape index (κ3) is 3.77. The zero-order chi connectivity index (χ0) is 15.5. The molecule has 21 heavy (non-hydrogen) atoms. The van der Waals surface area contributed by atoms with Gasteiger partial charge in [-0.1, -0.05) is 42.8 Å². The van der Waals surface area contributed by atoms with Gasteiger partial charge in [-0.25, -0.2) is 8.42 Å². The molecule has 0 radical (unpaired) electrons. The largest absolute Gasteiger partial charge is 0.380 e. The lowest BCUT2D eigenvalue weighted by Crippen LogP contribution is -2.09. The van der Waals surface area contributed by atoms with Crippen LogP contribution in [0.4, 0.5) is 5.69 Å². The predicted octanol–water partition coefficient (Wildman–Crippen LogP) is 4.05. The number of rotatable bonds is 5. The van der Waals surface area contributed by atoms with E-state index in [-0.39, 0.29) is 5.75 Å². The van der Waals surface area contributed by atoms with Crippen molar-refractivity contribution in [3.05, 3.63) is 58.6 Å². The molecule has 1 N–H and O–H groups in total. The molecule has 0 unspecified atom stereocenters. The van der Waals surface area contributed by atoms with E-state index in [1.54, 1.807) is 25.1 Å². The standard InChI is InChI=1S/C16H18ClNO2S/c1-3-21(19,20)16-7-5-4-6-15(16)18-11-13-9-8-12(2)14(17)10-13/h4-10,18H,3,11H2,1-2H3. The van der Waals surface area contributed by atoms with Gasteiger partial charge in [0.25, 0.3) is 0 Å². The number of hydrogen-bond acceptors (Lipinski definition) is 3. The first kappa shape index (κ1) is 15.9. The Morgan fingerprint density at radius 1 is 1.14 bits per heavy atom. The molecule has 0 fully saturated rings. The van der Waals surface area contributed by atoms with Crippen molar-refractivity contribution in [3.63, 3.8) is 0 Å². The molecule has 2 rings (SSSR count). The Morgan fingerprint density at radius 2 is 1.86 bits per heavy atom. The highest BCUT2D eigenvalue weighted by atomic mass is 35.5. The van der Waals surface area contributed by atoms with Gasteiger partial charge in [-0.3, -0.25) is 0 Å². The van der Waals surface area contributed by atoms with Crippen molar-refractivity contribution in [2.75, 3.05) is 11.1 Å². The van der Waals surface area contributed by atoms with Crippen molar-refractivity contribution in [2.24, 2.45) is 0 Å². The molecule has 2 aromatic rings. The third-order valence-electron chi connectivity index (χ3n) is 3.32. The van der Waals surface area contributed by atoms with E-state index in [9.17, 15) is 8.42 Å². The second-order valence-corrected chi connectivity index (χ2v) is 7.49. The molecule has 5 heteroatoms. The van der Waals surface area contributed by atoms with Crippen molar-refractivity contribution >= 4 is 27.1 Å². The maximum Gasteiger partial charge on any atom is 0.180 e. The average Bonchev–Trinajstić information content (AvgIpc) is 2.49. The first-order chi connectivity index (χ1) is 9.94. The Kier molecular flexibility index (Phi) is 4.91. The van der Waals surface area contributed by atoms with E-state index in [1.807, 2.05) is 31.2 Å². The Labute approximate surface area is 130 Å². The Bertz CT molecular complexity index is 742. The van der Waals surface area contributed by atoms with Crippen LogP contribution < -0.4 is 5.32 Å². The number of sulfone groups is 1. The minimum atomic E-state index is -3.24. The monoisotopic (exact) mass is 323 g/mol. The molecule has 0 saturated carbocycles. The van der Waals surface area contributed by atoms with Crippen molar-refractivity contribution in [2.45, 2.75) is 25.3 Å². The zero-order valence-corrected chi connectivity index (χ0v) is 13.6. The molecular formula is C16H18ClNO2S. The second kappa shape index (κ2) is 6.50. The molecule has 0 aliphatic rings. The lowest BCUT2D eigenvalue weighted by Gasteiger charge is -2.12. The molecule has 0 bridgehead atoms. The molecule has 3 nitrogen and oxygen atoms in total. The van der Waals surface area contributed by atoms with Gasteiger partial charge in [0.15, 0.2) is 9.84 Å². The molecule has 0 aliphatic heterocycles. The van der Waals surface area contributed by atoms with Crippen LogP contribution in [0.1, 0.15) is 18.1 Å². The maximum atomic E-state index is 12.1. The van der Waals surface area contributed by atoms with Gasteiger partial charge >= 0.3 is 0 Å². The summed E-state index contributed by atoms with van der Waals surface area (Å²) in [5.74, 6) is 0.0854. The molecule has 0 atom stereocenters. The number of nitrogens with one attached hydrogen (secondary N) is 1. The van der Waals surface area contributed by atoms with Gasteiger partial charge in [0.05, 0.1) is 16.3 Å². The Hall–Kier alpha value is -1.52. The normalized spacial score (nSPS) is 11.4. The predicted molar refractivity (Wildman–Crippen MR) is 87.7 cm³/mol. The second-order valence-electron chi connectivity index (χ2n) is 4.84. The molecule has 0 amide bonds. The molecular weight excluding hydrogens is 306 g/mol. The van der Waals surface area contributed by atoms with Gasteiger partial charge in [0.1, 0.15) is 0 Å². The van der Waals surface area contributed by atoms with Crippen molar-refractivity contribution < 1.29 is 8.42 Å². The molecule has 0 saturated heterocycles. The lowest BCUT2D eigenvalue weighted by atomic mass is 10.1. The Morgan fingerprint density at radius 3 is 2.52 bits per heavy atom. The summed E-state index contributed by atoms with van der Waals surface area (Å²) in [7, 11) is -3.24. The fourth-order valence-electron chi connectivity index (χ4n) is 1.98. The van der Waals surface area contributed by atoms with Crippen LogP contribution >= 0.6 is 11.6 Å². The van der Waals surface area contributed by atoms with Gasteiger partial charge in [-0.05, 0) is 36.2 Å². The van der Waals surface area contributed by atoms with Crippen LogP contribution in [0.3, 0.4) is 0 Å². The van der Waals surface area contributed by atoms with E-state index in [0.717, 1.165) is 11.1 Å². The zero-order valence-electron chi connectivity index (χ0n) is 12.1. The van der Waals surface area contributed by atoms with Crippen molar-refractivity contribution in [3.8, 4) is 0 Å². The van der Waals surface area contributed by atoms with E-state index in [1.165, 1.54) is 0 Å². The molecule has 0 spiro atoms. The van der Waals surface area contributed by atoms with Gasteiger partial charge in [-0.2, -0.15) is 0 Å². The van der Waals surface area contributed by atoms with Gasteiger partial charge in [-0.15, -0.1) is 0 Å². The average molecular weight is 324 g/mol. The quantitative estimate of drug-likeness (QED) is 0.902. The van der Waals surface area contributed by atoms with Crippen LogP contribution in [0.5, 0.6) is 0 Å². The first-order valence-electron chi connectivity index (χ1n) is 6.74. The van der Waals surface area contributed by atoms with Crippen LogP contribution in [0, 0.1) is 6.92 Å². The number of aryl methyl sites for hydroxylation is 1. The third-order valence-corrected chi connectivity index (χ3v) is 5.51. The first-order valence-corrected chi connectivity index (χ1v) is 8.77. The minimum Gasteiger partial charge on any atom is -0.380 e.